The third-order valence-corrected chi connectivity index (χ3v) is 4.07. The van der Waals surface area contributed by atoms with Crippen molar-refractivity contribution in [2.24, 2.45) is 0 Å². The lowest BCUT2D eigenvalue weighted by atomic mass is 10.1. The Morgan fingerprint density at radius 1 is 1.28 bits per heavy atom. The highest BCUT2D eigenvalue weighted by molar-refractivity contribution is 6.16. The van der Waals surface area contributed by atoms with Crippen LogP contribution in [0.5, 0.6) is 5.75 Å². The Hall–Kier alpha value is -4.21. The molecule has 0 atom stereocenters. The number of imide groups is 1. The Labute approximate surface area is 164 Å². The first-order valence-electron chi connectivity index (χ1n) is 8.43. The molecule has 4 amide bonds. The van der Waals surface area contributed by atoms with E-state index in [1.165, 1.54) is 0 Å². The largest absolute Gasteiger partial charge is 0.508 e. The first kappa shape index (κ1) is 19.5. The van der Waals surface area contributed by atoms with Crippen molar-refractivity contribution in [1.82, 2.24) is 10.2 Å². The van der Waals surface area contributed by atoms with Crippen molar-refractivity contribution in [3.63, 3.8) is 0 Å². The zero-order chi connectivity index (χ0) is 21.1. The van der Waals surface area contributed by atoms with Crippen LogP contribution < -0.4 is 10.6 Å². The van der Waals surface area contributed by atoms with Crippen molar-refractivity contribution in [2.45, 2.75) is 6.92 Å². The number of rotatable bonds is 5. The molecule has 10 heteroatoms. The molecule has 0 unspecified atom stereocenters. The van der Waals surface area contributed by atoms with Crippen molar-refractivity contribution < 1.29 is 24.4 Å². The Bertz CT molecular complexity index is 1060. The van der Waals surface area contributed by atoms with Gasteiger partial charge in [-0.2, -0.15) is 0 Å². The molecule has 1 aliphatic rings. The molecule has 1 heterocycles. The smallest absolute Gasteiger partial charge is 0.329 e. The Kier molecular flexibility index (Phi) is 5.26. The fourth-order valence-corrected chi connectivity index (χ4v) is 2.76. The third-order valence-electron chi connectivity index (χ3n) is 4.07. The summed E-state index contributed by atoms with van der Waals surface area (Å²) < 4.78 is 0. The Morgan fingerprint density at radius 2 is 2.03 bits per heavy atom. The molecule has 2 aromatic rings. The first-order chi connectivity index (χ1) is 13.7. The number of carbonyl (C=O) groups excluding carboxylic acids is 3. The van der Waals surface area contributed by atoms with E-state index in [1.54, 1.807) is 18.2 Å². The Morgan fingerprint density at radius 3 is 2.72 bits per heavy atom. The van der Waals surface area contributed by atoms with E-state index >= 15 is 0 Å². The SMILES string of the molecule is Cc1cccc(NC(=O)CN2C(=O)N/C(=C/c3cc(O)ccc3[N+](=O)[O-])C2=O)c1. The van der Waals surface area contributed by atoms with Gasteiger partial charge in [-0.15, -0.1) is 0 Å². The van der Waals surface area contributed by atoms with Crippen LogP contribution in [-0.4, -0.2) is 39.3 Å². The number of amides is 4. The number of benzene rings is 2. The molecular weight excluding hydrogens is 380 g/mol. The second kappa shape index (κ2) is 7.80. The van der Waals surface area contributed by atoms with Gasteiger partial charge >= 0.3 is 6.03 Å². The number of nitro groups is 1. The molecule has 3 N–H and O–H groups in total. The monoisotopic (exact) mass is 396 g/mol. The van der Waals surface area contributed by atoms with Crippen molar-refractivity contribution in [3.05, 3.63) is 69.4 Å². The molecule has 2 aromatic carbocycles. The van der Waals surface area contributed by atoms with Gasteiger partial charge < -0.3 is 15.7 Å². The number of phenolic OH excluding ortho intramolecular Hbond substituents is 1. The van der Waals surface area contributed by atoms with E-state index in [9.17, 15) is 29.6 Å². The van der Waals surface area contributed by atoms with Crippen LogP contribution in [0, 0.1) is 17.0 Å². The summed E-state index contributed by atoms with van der Waals surface area (Å²) >= 11 is 0. The number of aromatic hydroxyl groups is 1. The highest BCUT2D eigenvalue weighted by Gasteiger charge is 2.35. The predicted molar refractivity (Wildman–Crippen MR) is 103 cm³/mol. The van der Waals surface area contributed by atoms with E-state index in [0.29, 0.717) is 10.6 Å². The Balaban J connectivity index is 1.78. The van der Waals surface area contributed by atoms with Gasteiger partial charge in [-0.1, -0.05) is 12.1 Å². The van der Waals surface area contributed by atoms with Gasteiger partial charge in [0.2, 0.25) is 5.91 Å². The van der Waals surface area contributed by atoms with E-state index in [2.05, 4.69) is 10.6 Å². The van der Waals surface area contributed by atoms with Crippen LogP contribution in [0.25, 0.3) is 6.08 Å². The summed E-state index contributed by atoms with van der Waals surface area (Å²) in [5, 5.41) is 25.5. The average molecular weight is 396 g/mol. The summed E-state index contributed by atoms with van der Waals surface area (Å²) in [5.41, 5.74) is 0.786. The van der Waals surface area contributed by atoms with Gasteiger partial charge in [-0.05, 0) is 42.8 Å². The minimum Gasteiger partial charge on any atom is -0.508 e. The first-order valence-corrected chi connectivity index (χ1v) is 8.43. The number of carbonyl (C=O) groups is 3. The number of urea groups is 1. The van der Waals surface area contributed by atoms with Gasteiger partial charge in [0.1, 0.15) is 18.0 Å². The molecule has 1 aliphatic heterocycles. The van der Waals surface area contributed by atoms with Crippen molar-refractivity contribution in [3.8, 4) is 5.75 Å². The molecule has 0 bridgehead atoms. The number of hydrogen-bond donors (Lipinski definition) is 3. The van der Waals surface area contributed by atoms with Crippen LogP contribution in [-0.2, 0) is 9.59 Å². The summed E-state index contributed by atoms with van der Waals surface area (Å²) in [6.45, 7) is 1.32. The number of nitro benzene ring substituents is 1. The van der Waals surface area contributed by atoms with Crippen molar-refractivity contribution in [2.75, 3.05) is 11.9 Å². The van der Waals surface area contributed by atoms with Crippen LogP contribution in [0.4, 0.5) is 16.2 Å². The molecule has 0 saturated carbocycles. The molecule has 3 rings (SSSR count). The van der Waals surface area contributed by atoms with Crippen LogP contribution in [0.3, 0.4) is 0 Å². The van der Waals surface area contributed by atoms with E-state index < -0.39 is 29.3 Å². The minimum absolute atomic E-state index is 0.0651. The average Bonchev–Trinajstić information content (AvgIpc) is 2.89. The maximum absolute atomic E-state index is 12.5. The zero-order valence-corrected chi connectivity index (χ0v) is 15.2. The molecule has 1 saturated heterocycles. The number of phenols is 1. The summed E-state index contributed by atoms with van der Waals surface area (Å²) in [4.78, 5) is 47.9. The molecule has 148 valence electrons. The molecule has 0 spiro atoms. The number of nitrogens with one attached hydrogen (secondary N) is 2. The number of aryl methyl sites for hydroxylation is 1. The maximum Gasteiger partial charge on any atom is 0.329 e. The van der Waals surface area contributed by atoms with Crippen molar-refractivity contribution in [1.29, 1.82) is 0 Å². The van der Waals surface area contributed by atoms with Crippen molar-refractivity contribution >= 4 is 35.3 Å². The minimum atomic E-state index is -0.830. The van der Waals surface area contributed by atoms with E-state index in [4.69, 9.17) is 0 Å². The lowest BCUT2D eigenvalue weighted by molar-refractivity contribution is -0.385. The summed E-state index contributed by atoms with van der Waals surface area (Å²) in [7, 11) is 0. The highest BCUT2D eigenvalue weighted by Crippen LogP contribution is 2.26. The van der Waals surface area contributed by atoms with Crippen LogP contribution >= 0.6 is 0 Å². The molecule has 10 nitrogen and oxygen atoms in total. The standard InChI is InChI=1S/C19H16N4O6/c1-11-3-2-4-13(7-11)20-17(25)10-22-18(26)15(21-19(22)27)9-12-8-14(24)5-6-16(12)23(28)29/h2-9,24H,10H2,1H3,(H,20,25)(H,21,27)/b15-9+. The predicted octanol–water partition coefficient (Wildman–Crippen LogP) is 2.14. The maximum atomic E-state index is 12.5. The fourth-order valence-electron chi connectivity index (χ4n) is 2.76. The second-order valence-corrected chi connectivity index (χ2v) is 6.30. The molecular formula is C19H16N4O6. The van der Waals surface area contributed by atoms with Crippen LogP contribution in [0.1, 0.15) is 11.1 Å². The number of anilines is 1. The summed E-state index contributed by atoms with van der Waals surface area (Å²) in [6, 6.07) is 9.49. The summed E-state index contributed by atoms with van der Waals surface area (Å²) in [6.07, 6.45) is 1.08. The third kappa shape index (κ3) is 4.38. The molecule has 0 aliphatic carbocycles. The van der Waals surface area contributed by atoms with Gasteiger partial charge in [0, 0.05) is 11.8 Å². The van der Waals surface area contributed by atoms with Gasteiger partial charge in [-0.25, -0.2) is 9.69 Å². The number of hydrogen-bond acceptors (Lipinski definition) is 6. The zero-order valence-electron chi connectivity index (χ0n) is 15.2. The quantitative estimate of drug-likeness (QED) is 0.306. The van der Waals surface area contributed by atoms with Gasteiger partial charge in [0.15, 0.2) is 0 Å². The van der Waals surface area contributed by atoms with E-state index in [0.717, 1.165) is 29.8 Å². The van der Waals surface area contributed by atoms with E-state index in [-0.39, 0.29) is 22.7 Å². The van der Waals surface area contributed by atoms with Crippen LogP contribution in [0.15, 0.2) is 48.2 Å². The van der Waals surface area contributed by atoms with Gasteiger partial charge in [-0.3, -0.25) is 19.7 Å². The highest BCUT2D eigenvalue weighted by atomic mass is 16.6. The van der Waals surface area contributed by atoms with Gasteiger partial charge in [0.25, 0.3) is 11.6 Å². The lowest BCUT2D eigenvalue weighted by Crippen LogP contribution is -2.38. The lowest BCUT2D eigenvalue weighted by Gasteiger charge is -2.12. The molecule has 0 radical (unpaired) electrons. The van der Waals surface area contributed by atoms with E-state index in [1.807, 2.05) is 13.0 Å². The molecule has 29 heavy (non-hydrogen) atoms. The number of nitrogens with zero attached hydrogens (tertiary/aromatic N) is 2. The second-order valence-electron chi connectivity index (χ2n) is 6.30. The van der Waals surface area contributed by atoms with Gasteiger partial charge in [0.05, 0.1) is 10.5 Å². The molecule has 1 fully saturated rings. The topological polar surface area (TPSA) is 142 Å². The van der Waals surface area contributed by atoms with Crippen LogP contribution in [0.2, 0.25) is 0 Å². The molecule has 0 aromatic heterocycles. The fraction of sp³-hybridized carbons (Fsp3) is 0.105. The summed E-state index contributed by atoms with van der Waals surface area (Å²) in [5.74, 6) is -1.63. The normalized spacial score (nSPS) is 14.8.